The molecule has 4 rings (SSSR count). The molecule has 1 heterocycles. The van der Waals surface area contributed by atoms with Crippen molar-refractivity contribution in [3.05, 3.63) is 48.0 Å². The number of aromatic nitrogens is 2. The minimum atomic E-state index is -0.194. The van der Waals surface area contributed by atoms with E-state index in [0.717, 1.165) is 31.5 Å². The summed E-state index contributed by atoms with van der Waals surface area (Å²) >= 11 is 0. The lowest BCUT2D eigenvalue weighted by atomic mass is 10.1. The Morgan fingerprint density at radius 2 is 1.92 bits per heavy atom. The van der Waals surface area contributed by atoms with E-state index in [1.807, 2.05) is 22.7 Å². The molecular formula is C19H23N5O2. The van der Waals surface area contributed by atoms with Crippen LogP contribution in [-0.4, -0.2) is 38.5 Å². The summed E-state index contributed by atoms with van der Waals surface area (Å²) in [7, 11) is 1.94. The number of carbonyl (C=O) groups is 2. The summed E-state index contributed by atoms with van der Waals surface area (Å²) in [6.07, 6.45) is 7.81. The van der Waals surface area contributed by atoms with Crippen LogP contribution < -0.4 is 10.6 Å². The SMILES string of the molecule is Cn1ccnc1CN(C(=O)c1ccc(NC(=O)NC2CC2)cc1)C1CC1. The zero-order valence-electron chi connectivity index (χ0n) is 14.8. The first-order valence-corrected chi connectivity index (χ1v) is 9.05. The average Bonchev–Trinajstić information content (AvgIpc) is 3.54. The first-order chi connectivity index (χ1) is 12.6. The number of hydrogen-bond acceptors (Lipinski definition) is 3. The van der Waals surface area contributed by atoms with Crippen molar-refractivity contribution in [3.8, 4) is 0 Å². The molecule has 2 aliphatic rings. The molecule has 0 aliphatic heterocycles. The van der Waals surface area contributed by atoms with Crippen molar-refractivity contribution in [1.82, 2.24) is 19.8 Å². The topological polar surface area (TPSA) is 79.3 Å². The number of amides is 3. The zero-order valence-corrected chi connectivity index (χ0v) is 14.8. The Balaban J connectivity index is 1.42. The van der Waals surface area contributed by atoms with Crippen LogP contribution in [0.4, 0.5) is 10.5 Å². The van der Waals surface area contributed by atoms with Gasteiger partial charge in [-0.25, -0.2) is 9.78 Å². The first-order valence-electron chi connectivity index (χ1n) is 9.05. The van der Waals surface area contributed by atoms with Gasteiger partial charge in [0.1, 0.15) is 5.82 Å². The van der Waals surface area contributed by atoms with E-state index in [2.05, 4.69) is 15.6 Å². The molecule has 0 spiro atoms. The van der Waals surface area contributed by atoms with Gasteiger partial charge in [0.25, 0.3) is 5.91 Å². The Labute approximate surface area is 152 Å². The molecule has 2 saturated carbocycles. The second-order valence-corrected chi connectivity index (χ2v) is 7.07. The molecule has 0 radical (unpaired) electrons. The van der Waals surface area contributed by atoms with E-state index in [0.29, 0.717) is 29.9 Å². The zero-order chi connectivity index (χ0) is 18.1. The molecule has 2 N–H and O–H groups in total. The lowest BCUT2D eigenvalue weighted by Crippen LogP contribution is -2.33. The molecule has 2 aromatic rings. The smallest absolute Gasteiger partial charge is 0.319 e. The van der Waals surface area contributed by atoms with E-state index in [4.69, 9.17) is 0 Å². The van der Waals surface area contributed by atoms with E-state index in [9.17, 15) is 9.59 Å². The Morgan fingerprint density at radius 1 is 1.19 bits per heavy atom. The van der Waals surface area contributed by atoms with Crippen molar-refractivity contribution >= 4 is 17.6 Å². The summed E-state index contributed by atoms with van der Waals surface area (Å²) in [5.74, 6) is 0.879. The highest BCUT2D eigenvalue weighted by Gasteiger charge is 2.33. The van der Waals surface area contributed by atoms with Crippen LogP contribution in [0, 0.1) is 0 Å². The number of aryl methyl sites for hydroxylation is 1. The molecule has 0 atom stereocenters. The van der Waals surface area contributed by atoms with Gasteiger partial charge in [0.2, 0.25) is 0 Å². The van der Waals surface area contributed by atoms with Gasteiger partial charge in [-0.2, -0.15) is 0 Å². The fraction of sp³-hybridized carbons (Fsp3) is 0.421. The second-order valence-electron chi connectivity index (χ2n) is 7.07. The summed E-state index contributed by atoms with van der Waals surface area (Å²) in [6, 6.07) is 7.49. The van der Waals surface area contributed by atoms with E-state index in [1.165, 1.54) is 0 Å². The summed E-state index contributed by atoms with van der Waals surface area (Å²) in [5.41, 5.74) is 1.31. The van der Waals surface area contributed by atoms with Gasteiger partial charge in [0.05, 0.1) is 6.54 Å². The monoisotopic (exact) mass is 353 g/mol. The molecule has 0 bridgehead atoms. The van der Waals surface area contributed by atoms with Crippen LogP contribution in [0.25, 0.3) is 0 Å². The molecule has 3 amide bonds. The van der Waals surface area contributed by atoms with Gasteiger partial charge >= 0.3 is 6.03 Å². The van der Waals surface area contributed by atoms with E-state index in [-0.39, 0.29) is 11.9 Å². The molecule has 7 nitrogen and oxygen atoms in total. The number of nitrogens with one attached hydrogen (secondary N) is 2. The Bertz CT molecular complexity index is 806. The van der Waals surface area contributed by atoms with Crippen LogP contribution in [0.1, 0.15) is 41.9 Å². The maximum atomic E-state index is 12.9. The average molecular weight is 353 g/mol. The molecular weight excluding hydrogens is 330 g/mol. The number of imidazole rings is 1. The minimum Gasteiger partial charge on any atom is -0.337 e. The summed E-state index contributed by atoms with van der Waals surface area (Å²) < 4.78 is 1.94. The highest BCUT2D eigenvalue weighted by Crippen LogP contribution is 2.29. The van der Waals surface area contributed by atoms with E-state index >= 15 is 0 Å². The van der Waals surface area contributed by atoms with E-state index < -0.39 is 0 Å². The molecule has 1 aromatic carbocycles. The standard InChI is InChI=1S/C19H23N5O2/c1-23-11-10-20-17(23)12-24(16-8-9-16)18(25)13-2-4-14(5-3-13)21-19(26)22-15-6-7-15/h2-5,10-11,15-16H,6-9,12H2,1H3,(H2,21,22,26). The number of hydrogen-bond donors (Lipinski definition) is 2. The van der Waals surface area contributed by atoms with Crippen molar-refractivity contribution in [2.45, 2.75) is 44.3 Å². The van der Waals surface area contributed by atoms with Crippen molar-refractivity contribution in [1.29, 1.82) is 0 Å². The van der Waals surface area contributed by atoms with Crippen LogP contribution in [-0.2, 0) is 13.6 Å². The summed E-state index contributed by atoms with van der Waals surface area (Å²) in [5, 5.41) is 5.68. The Morgan fingerprint density at radius 3 is 2.50 bits per heavy atom. The highest BCUT2D eigenvalue weighted by atomic mass is 16.2. The van der Waals surface area contributed by atoms with Crippen LogP contribution in [0.5, 0.6) is 0 Å². The summed E-state index contributed by atoms with van der Waals surface area (Å²) in [6.45, 7) is 0.511. The number of rotatable bonds is 6. The number of anilines is 1. The number of carbonyl (C=O) groups excluding carboxylic acids is 2. The first kappa shape index (κ1) is 16.6. The lowest BCUT2D eigenvalue weighted by Gasteiger charge is -2.22. The number of benzene rings is 1. The quantitative estimate of drug-likeness (QED) is 0.837. The Hall–Kier alpha value is -2.83. The Kier molecular flexibility index (Phi) is 4.36. The van der Waals surface area contributed by atoms with Crippen molar-refractivity contribution in [2.24, 2.45) is 7.05 Å². The van der Waals surface area contributed by atoms with Gasteiger partial charge in [-0.3, -0.25) is 4.79 Å². The normalized spacial score (nSPS) is 16.2. The van der Waals surface area contributed by atoms with Crippen LogP contribution in [0.3, 0.4) is 0 Å². The maximum absolute atomic E-state index is 12.9. The van der Waals surface area contributed by atoms with Gasteiger partial charge in [0.15, 0.2) is 0 Å². The highest BCUT2D eigenvalue weighted by molar-refractivity contribution is 5.96. The fourth-order valence-corrected chi connectivity index (χ4v) is 2.90. The van der Waals surface area contributed by atoms with Gasteiger partial charge in [-0.05, 0) is 49.9 Å². The predicted octanol–water partition coefficient (Wildman–Crippen LogP) is 2.51. The molecule has 1 aromatic heterocycles. The van der Waals surface area contributed by atoms with Crippen LogP contribution in [0.2, 0.25) is 0 Å². The van der Waals surface area contributed by atoms with Crippen LogP contribution in [0.15, 0.2) is 36.7 Å². The largest absolute Gasteiger partial charge is 0.337 e. The minimum absolute atomic E-state index is 0.00415. The predicted molar refractivity (Wildman–Crippen MR) is 97.7 cm³/mol. The van der Waals surface area contributed by atoms with Crippen LogP contribution >= 0.6 is 0 Å². The number of nitrogens with zero attached hydrogens (tertiary/aromatic N) is 3. The van der Waals surface area contributed by atoms with E-state index in [1.54, 1.807) is 30.5 Å². The third-order valence-corrected chi connectivity index (χ3v) is 4.78. The molecule has 2 fully saturated rings. The molecule has 7 heteroatoms. The van der Waals surface area contributed by atoms with Gasteiger partial charge in [0, 0.05) is 42.8 Å². The van der Waals surface area contributed by atoms with Gasteiger partial charge in [-0.1, -0.05) is 0 Å². The molecule has 2 aliphatic carbocycles. The molecule has 136 valence electrons. The summed E-state index contributed by atoms with van der Waals surface area (Å²) in [4.78, 5) is 31.0. The number of urea groups is 1. The van der Waals surface area contributed by atoms with Gasteiger partial charge < -0.3 is 20.1 Å². The second kappa shape index (κ2) is 6.82. The van der Waals surface area contributed by atoms with Gasteiger partial charge in [-0.15, -0.1) is 0 Å². The van der Waals surface area contributed by atoms with Crippen molar-refractivity contribution in [2.75, 3.05) is 5.32 Å². The third-order valence-electron chi connectivity index (χ3n) is 4.78. The molecule has 26 heavy (non-hydrogen) atoms. The van der Waals surface area contributed by atoms with Crippen molar-refractivity contribution < 1.29 is 9.59 Å². The molecule has 0 saturated heterocycles. The van der Waals surface area contributed by atoms with Crippen molar-refractivity contribution in [3.63, 3.8) is 0 Å². The maximum Gasteiger partial charge on any atom is 0.319 e. The lowest BCUT2D eigenvalue weighted by molar-refractivity contribution is 0.0724. The molecule has 0 unspecified atom stereocenters. The fourth-order valence-electron chi connectivity index (χ4n) is 2.90. The third kappa shape index (κ3) is 3.87.